The van der Waals surface area contributed by atoms with Crippen LogP contribution >= 0.6 is 0 Å². The average Bonchev–Trinajstić information content (AvgIpc) is 3.51. The van der Waals surface area contributed by atoms with E-state index in [0.29, 0.717) is 65.4 Å². The fraction of sp³-hybridized carbons (Fsp3) is 0.750. The predicted octanol–water partition coefficient (Wildman–Crippen LogP) is 3.56. The van der Waals surface area contributed by atoms with Gasteiger partial charge in [-0.2, -0.15) is 0 Å². The molecule has 55 heavy (non-hydrogen) atoms. The summed E-state index contributed by atoms with van der Waals surface area (Å²) in [7, 11) is 0. The maximum absolute atomic E-state index is 13.1. The average molecular weight is 773 g/mol. The number of nitrogens with zero attached hydrogens (tertiary/aromatic N) is 2. The summed E-state index contributed by atoms with van der Waals surface area (Å²) in [4.78, 5) is 68.4. The molecule has 0 radical (unpaired) electrons. The molecule has 1 aliphatic heterocycles. The van der Waals surface area contributed by atoms with Crippen molar-refractivity contribution in [3.05, 3.63) is 30.1 Å². The summed E-state index contributed by atoms with van der Waals surface area (Å²) in [6, 6.07) is 3.52. The maximum Gasteiger partial charge on any atom is 0.407 e. The zero-order valence-corrected chi connectivity index (χ0v) is 33.3. The van der Waals surface area contributed by atoms with Gasteiger partial charge in [0.1, 0.15) is 5.60 Å². The lowest BCUT2D eigenvalue weighted by Gasteiger charge is -2.29. The number of amides is 5. The summed E-state index contributed by atoms with van der Waals surface area (Å²) in [6.45, 7) is 10.6. The van der Waals surface area contributed by atoms with Gasteiger partial charge in [-0.05, 0) is 97.1 Å². The van der Waals surface area contributed by atoms with E-state index in [4.69, 9.17) is 18.9 Å². The molecule has 0 aromatic carbocycles. The van der Waals surface area contributed by atoms with Gasteiger partial charge in [-0.25, -0.2) is 4.79 Å². The van der Waals surface area contributed by atoms with Crippen LogP contribution in [-0.2, 0) is 38.1 Å². The number of ether oxygens (including phenoxy) is 4. The van der Waals surface area contributed by atoms with E-state index in [1.165, 1.54) is 0 Å². The second-order valence-electron chi connectivity index (χ2n) is 15.7. The molecule has 3 fully saturated rings. The molecule has 0 unspecified atom stereocenters. The standard InChI is InChI=1S/C40H64N6O9/c1-5-46-35(48)26-33(36(46)29-8-6-18-41-27-29)38(50)43-21-25-54-32-16-14-31(15-17-32)53-22-7-9-34(47)45-30-12-10-28(11-13-30)37(49)42-19-23-52-24-20-44-39(51)55-40(2,3)4/h6,8,18,27-28,30-33,36H,5,7,9-17,19-26H2,1-4H3,(H,42,49)(H,43,50)(H,44,51)(H,45,47)/t28?,30?,31?,32?,33-,36+/m0/s1. The van der Waals surface area contributed by atoms with Crippen LogP contribution in [-0.4, -0.2) is 116 Å². The highest BCUT2D eigenvalue weighted by atomic mass is 16.6. The third-order valence-corrected chi connectivity index (χ3v) is 10.3. The molecule has 2 atom stereocenters. The summed E-state index contributed by atoms with van der Waals surface area (Å²) in [6.07, 6.45) is 11.0. The van der Waals surface area contributed by atoms with Gasteiger partial charge in [-0.15, -0.1) is 0 Å². The highest BCUT2D eigenvalue weighted by molar-refractivity contribution is 5.90. The van der Waals surface area contributed by atoms with Crippen molar-refractivity contribution in [3.8, 4) is 0 Å². The summed E-state index contributed by atoms with van der Waals surface area (Å²) < 4.78 is 22.8. The van der Waals surface area contributed by atoms with Crippen molar-refractivity contribution in [2.45, 2.75) is 128 Å². The molecule has 308 valence electrons. The second-order valence-corrected chi connectivity index (χ2v) is 15.7. The molecule has 2 aliphatic carbocycles. The predicted molar refractivity (Wildman–Crippen MR) is 205 cm³/mol. The third-order valence-electron chi connectivity index (χ3n) is 10.3. The van der Waals surface area contributed by atoms with Gasteiger partial charge in [0.2, 0.25) is 23.6 Å². The van der Waals surface area contributed by atoms with Crippen LogP contribution < -0.4 is 21.3 Å². The van der Waals surface area contributed by atoms with Crippen LogP contribution in [0.15, 0.2) is 24.5 Å². The van der Waals surface area contributed by atoms with Crippen molar-refractivity contribution in [2.24, 2.45) is 11.8 Å². The zero-order chi connectivity index (χ0) is 39.6. The van der Waals surface area contributed by atoms with Crippen molar-refractivity contribution in [2.75, 3.05) is 52.6 Å². The lowest BCUT2D eigenvalue weighted by molar-refractivity contribution is -0.129. The Morgan fingerprint density at radius 3 is 2.11 bits per heavy atom. The maximum atomic E-state index is 13.1. The van der Waals surface area contributed by atoms with Crippen molar-refractivity contribution in [1.29, 1.82) is 0 Å². The Bertz CT molecular complexity index is 1360. The van der Waals surface area contributed by atoms with E-state index in [-0.39, 0.29) is 60.3 Å². The van der Waals surface area contributed by atoms with Gasteiger partial charge in [0.15, 0.2) is 0 Å². The first-order chi connectivity index (χ1) is 26.4. The Hall–Kier alpha value is -3.82. The lowest BCUT2D eigenvalue weighted by Crippen LogP contribution is -2.41. The van der Waals surface area contributed by atoms with E-state index in [1.807, 2.05) is 19.1 Å². The molecule has 4 rings (SSSR count). The van der Waals surface area contributed by atoms with E-state index < -0.39 is 17.6 Å². The van der Waals surface area contributed by atoms with E-state index >= 15 is 0 Å². The van der Waals surface area contributed by atoms with E-state index in [2.05, 4.69) is 26.3 Å². The summed E-state index contributed by atoms with van der Waals surface area (Å²) in [5.41, 5.74) is 0.324. The Labute approximate surface area is 326 Å². The SMILES string of the molecule is CCN1C(=O)C[C@H](C(=O)NCCOC2CCC(OCCCC(=O)NC3CCC(C(=O)NCCOCCNC(=O)OC(C)(C)C)CC3)CC2)[C@H]1c1cccnc1. The van der Waals surface area contributed by atoms with Crippen LogP contribution in [0.25, 0.3) is 0 Å². The molecule has 4 N–H and O–H groups in total. The molecular formula is C40H64N6O9. The molecule has 0 bridgehead atoms. The van der Waals surface area contributed by atoms with Crippen molar-refractivity contribution in [1.82, 2.24) is 31.2 Å². The largest absolute Gasteiger partial charge is 0.444 e. The molecular weight excluding hydrogens is 708 g/mol. The van der Waals surface area contributed by atoms with Crippen LogP contribution in [0.4, 0.5) is 4.79 Å². The molecule has 1 aromatic heterocycles. The summed E-state index contributed by atoms with van der Waals surface area (Å²) >= 11 is 0. The first-order valence-electron chi connectivity index (χ1n) is 20.3. The van der Waals surface area contributed by atoms with Crippen molar-refractivity contribution in [3.63, 3.8) is 0 Å². The number of rotatable bonds is 20. The Balaban J connectivity index is 0.970. The normalized spacial score (nSPS) is 24.2. The molecule has 1 aromatic rings. The molecule has 15 heteroatoms. The van der Waals surface area contributed by atoms with Gasteiger partial charge in [-0.3, -0.25) is 24.2 Å². The van der Waals surface area contributed by atoms with Gasteiger partial charge in [-0.1, -0.05) is 6.07 Å². The van der Waals surface area contributed by atoms with E-state index in [0.717, 1.165) is 56.9 Å². The number of carbonyl (C=O) groups excluding carboxylic acids is 5. The van der Waals surface area contributed by atoms with E-state index in [1.54, 1.807) is 38.1 Å². The number of nitrogens with one attached hydrogen (secondary N) is 4. The molecule has 5 amide bonds. The molecule has 0 spiro atoms. The molecule has 2 saturated carbocycles. The van der Waals surface area contributed by atoms with Crippen molar-refractivity contribution < 1.29 is 42.9 Å². The van der Waals surface area contributed by atoms with E-state index in [9.17, 15) is 24.0 Å². The Kier molecular flexibility index (Phi) is 18.1. The van der Waals surface area contributed by atoms with Crippen LogP contribution in [0.1, 0.15) is 110 Å². The molecule has 1 saturated heterocycles. The highest BCUT2D eigenvalue weighted by Gasteiger charge is 2.43. The number of hydrogen-bond donors (Lipinski definition) is 4. The molecule has 15 nitrogen and oxygen atoms in total. The van der Waals surface area contributed by atoms with Gasteiger partial charge in [0.25, 0.3) is 0 Å². The summed E-state index contributed by atoms with van der Waals surface area (Å²) in [5.74, 6) is -0.636. The van der Waals surface area contributed by atoms with Gasteiger partial charge >= 0.3 is 6.09 Å². The zero-order valence-electron chi connectivity index (χ0n) is 33.3. The van der Waals surface area contributed by atoms with Gasteiger partial charge in [0.05, 0.1) is 44.0 Å². The first-order valence-corrected chi connectivity index (χ1v) is 20.3. The Morgan fingerprint density at radius 1 is 0.836 bits per heavy atom. The Morgan fingerprint density at radius 2 is 1.47 bits per heavy atom. The molecule has 3 aliphatic rings. The van der Waals surface area contributed by atoms with Gasteiger partial charge < -0.3 is 45.1 Å². The highest BCUT2D eigenvalue weighted by Crippen LogP contribution is 2.37. The third kappa shape index (κ3) is 15.3. The van der Waals surface area contributed by atoms with Crippen molar-refractivity contribution >= 4 is 29.7 Å². The monoisotopic (exact) mass is 772 g/mol. The van der Waals surface area contributed by atoms with Crippen LogP contribution in [0, 0.1) is 11.8 Å². The number of hydrogen-bond acceptors (Lipinski definition) is 10. The molecule has 2 heterocycles. The smallest absolute Gasteiger partial charge is 0.407 e. The number of aromatic nitrogens is 1. The van der Waals surface area contributed by atoms with Crippen LogP contribution in [0.3, 0.4) is 0 Å². The van der Waals surface area contributed by atoms with Crippen LogP contribution in [0.5, 0.6) is 0 Å². The number of alkyl carbamates (subject to hydrolysis) is 1. The lowest BCUT2D eigenvalue weighted by atomic mass is 9.85. The quantitative estimate of drug-likeness (QED) is 0.143. The fourth-order valence-electron chi connectivity index (χ4n) is 7.57. The minimum Gasteiger partial charge on any atom is -0.444 e. The minimum absolute atomic E-state index is 0.0140. The van der Waals surface area contributed by atoms with Crippen LogP contribution in [0.2, 0.25) is 0 Å². The first kappa shape index (κ1) is 43.9. The summed E-state index contributed by atoms with van der Waals surface area (Å²) in [5, 5.41) is 11.7. The second kappa shape index (κ2) is 22.7. The number of pyridine rings is 1. The minimum atomic E-state index is -0.548. The van der Waals surface area contributed by atoms with Gasteiger partial charge in [0, 0.05) is 70.0 Å². The fourth-order valence-corrected chi connectivity index (χ4v) is 7.57. The number of carbonyl (C=O) groups is 5. The topological polar surface area (TPSA) is 187 Å². The number of likely N-dealkylation sites (tertiary alicyclic amines) is 1.